The molecule has 0 spiro atoms. The van der Waals surface area contributed by atoms with Crippen LogP contribution >= 0.6 is 0 Å². The molecule has 11 nitrogen and oxygen atoms in total. The SMILES string of the molecule is CN(C)C(N)=NCCC[C@H](N)C(=O)N[C@@H](Cc1ccc(O)c(F)c1)C(=O)N=C(Cc1ccccc1)C(N)=O. The van der Waals surface area contributed by atoms with Crippen LogP contribution in [0, 0.1) is 5.82 Å². The highest BCUT2D eigenvalue weighted by Crippen LogP contribution is 2.17. The molecule has 0 saturated heterocycles. The number of hydrogen-bond donors (Lipinski definition) is 5. The Morgan fingerprint density at radius 1 is 1.08 bits per heavy atom. The highest BCUT2D eigenvalue weighted by Gasteiger charge is 2.25. The minimum Gasteiger partial charge on any atom is -0.505 e. The summed E-state index contributed by atoms with van der Waals surface area (Å²) >= 11 is 0. The van der Waals surface area contributed by atoms with Crippen molar-refractivity contribution in [2.24, 2.45) is 27.2 Å². The smallest absolute Gasteiger partial charge is 0.268 e. The fourth-order valence-electron chi connectivity index (χ4n) is 3.35. The largest absolute Gasteiger partial charge is 0.505 e. The lowest BCUT2D eigenvalue weighted by atomic mass is 10.0. The van der Waals surface area contributed by atoms with E-state index in [1.807, 2.05) is 0 Å². The van der Waals surface area contributed by atoms with E-state index < -0.39 is 41.4 Å². The molecule has 0 aliphatic carbocycles. The number of nitrogens with one attached hydrogen (secondary N) is 1. The molecule has 204 valence electrons. The zero-order valence-corrected chi connectivity index (χ0v) is 21.4. The van der Waals surface area contributed by atoms with Crippen LogP contribution in [-0.4, -0.2) is 72.1 Å². The van der Waals surface area contributed by atoms with Gasteiger partial charge in [-0.05, 0) is 36.1 Å². The van der Waals surface area contributed by atoms with Gasteiger partial charge in [-0.1, -0.05) is 36.4 Å². The number of phenolic OH excluding ortho intramolecular Hbond substituents is 1. The maximum Gasteiger partial charge on any atom is 0.268 e. The summed E-state index contributed by atoms with van der Waals surface area (Å²) in [7, 11) is 3.50. The molecule has 0 heterocycles. The van der Waals surface area contributed by atoms with Crippen LogP contribution in [0.5, 0.6) is 5.75 Å². The molecule has 2 rings (SSSR count). The lowest BCUT2D eigenvalue weighted by Gasteiger charge is -2.19. The quantitative estimate of drug-likeness (QED) is 0.148. The van der Waals surface area contributed by atoms with E-state index in [2.05, 4.69) is 15.3 Å². The second-order valence-corrected chi connectivity index (χ2v) is 8.86. The van der Waals surface area contributed by atoms with E-state index in [0.29, 0.717) is 30.1 Å². The van der Waals surface area contributed by atoms with E-state index in [4.69, 9.17) is 17.2 Å². The highest BCUT2D eigenvalue weighted by molar-refractivity contribution is 6.40. The third-order valence-electron chi connectivity index (χ3n) is 5.55. The summed E-state index contributed by atoms with van der Waals surface area (Å²) in [5.41, 5.74) is 18.0. The van der Waals surface area contributed by atoms with Gasteiger partial charge in [-0.2, -0.15) is 0 Å². The predicted molar refractivity (Wildman–Crippen MR) is 143 cm³/mol. The van der Waals surface area contributed by atoms with Crippen LogP contribution in [0.4, 0.5) is 4.39 Å². The second kappa shape index (κ2) is 14.4. The molecule has 0 aliphatic heterocycles. The van der Waals surface area contributed by atoms with E-state index in [9.17, 15) is 23.9 Å². The molecular formula is C26H34FN7O4. The Labute approximate surface area is 220 Å². The molecule has 0 unspecified atom stereocenters. The Kier molecular flexibility index (Phi) is 11.4. The summed E-state index contributed by atoms with van der Waals surface area (Å²) in [5, 5.41) is 12.0. The number of phenols is 1. The van der Waals surface area contributed by atoms with Crippen molar-refractivity contribution >= 4 is 29.4 Å². The number of halogens is 1. The second-order valence-electron chi connectivity index (χ2n) is 8.86. The van der Waals surface area contributed by atoms with Crippen LogP contribution in [0.15, 0.2) is 58.5 Å². The van der Waals surface area contributed by atoms with E-state index >= 15 is 0 Å². The van der Waals surface area contributed by atoms with Gasteiger partial charge in [0.2, 0.25) is 5.91 Å². The summed E-state index contributed by atoms with van der Waals surface area (Å²) in [5.74, 6) is -3.49. The number of aromatic hydroxyl groups is 1. The van der Waals surface area contributed by atoms with Crippen LogP contribution in [0.1, 0.15) is 24.0 Å². The maximum atomic E-state index is 13.9. The lowest BCUT2D eigenvalue weighted by Crippen LogP contribution is -2.49. The third-order valence-corrected chi connectivity index (χ3v) is 5.55. The first-order chi connectivity index (χ1) is 18.0. The first-order valence-electron chi connectivity index (χ1n) is 11.9. The number of amides is 3. The number of rotatable bonds is 12. The summed E-state index contributed by atoms with van der Waals surface area (Å²) in [6.07, 6.45) is 0.562. The Hall–Kier alpha value is -4.32. The number of nitrogens with zero attached hydrogens (tertiary/aromatic N) is 3. The van der Waals surface area contributed by atoms with Gasteiger partial charge in [0.05, 0.1) is 6.04 Å². The van der Waals surface area contributed by atoms with Gasteiger partial charge in [-0.25, -0.2) is 9.38 Å². The average Bonchev–Trinajstić information content (AvgIpc) is 2.87. The Bertz CT molecular complexity index is 1190. The molecule has 8 N–H and O–H groups in total. The van der Waals surface area contributed by atoms with Gasteiger partial charge >= 0.3 is 0 Å². The van der Waals surface area contributed by atoms with E-state index in [-0.39, 0.29) is 25.0 Å². The molecule has 0 bridgehead atoms. The van der Waals surface area contributed by atoms with Crippen LogP contribution in [-0.2, 0) is 27.2 Å². The number of carbonyl (C=O) groups excluding carboxylic acids is 3. The zero-order valence-electron chi connectivity index (χ0n) is 21.4. The predicted octanol–water partition coefficient (Wildman–Crippen LogP) is 0.238. The fourth-order valence-corrected chi connectivity index (χ4v) is 3.35. The summed E-state index contributed by atoms with van der Waals surface area (Å²) in [4.78, 5) is 47.6. The summed E-state index contributed by atoms with van der Waals surface area (Å²) in [6, 6.07) is 10.1. The Balaban J connectivity index is 2.20. The van der Waals surface area contributed by atoms with Crippen LogP contribution in [0.25, 0.3) is 0 Å². The normalized spacial score (nSPS) is 13.5. The number of aliphatic imine (C=N–C) groups is 2. The molecule has 0 radical (unpaired) electrons. The summed E-state index contributed by atoms with van der Waals surface area (Å²) < 4.78 is 13.9. The number of primary amides is 1. The lowest BCUT2D eigenvalue weighted by molar-refractivity contribution is -0.128. The molecule has 0 aliphatic rings. The van der Waals surface area contributed by atoms with Crippen molar-refractivity contribution in [1.82, 2.24) is 10.2 Å². The first kappa shape index (κ1) is 29.9. The highest BCUT2D eigenvalue weighted by atomic mass is 19.1. The van der Waals surface area contributed by atoms with Crippen LogP contribution in [0.3, 0.4) is 0 Å². The molecule has 0 saturated carbocycles. The third kappa shape index (κ3) is 9.62. The molecular weight excluding hydrogens is 493 g/mol. The van der Waals surface area contributed by atoms with Gasteiger partial charge in [0.15, 0.2) is 17.5 Å². The molecule has 12 heteroatoms. The van der Waals surface area contributed by atoms with Crippen molar-refractivity contribution in [3.8, 4) is 5.75 Å². The Morgan fingerprint density at radius 3 is 2.37 bits per heavy atom. The zero-order chi connectivity index (χ0) is 28.2. The Morgan fingerprint density at radius 2 is 1.76 bits per heavy atom. The minimum atomic E-state index is -1.27. The van der Waals surface area contributed by atoms with Crippen molar-refractivity contribution in [3.05, 3.63) is 65.5 Å². The molecule has 0 fully saturated rings. The molecule has 2 atom stereocenters. The average molecular weight is 528 g/mol. The number of guanidine groups is 1. The van der Waals surface area contributed by atoms with Crippen molar-refractivity contribution in [3.63, 3.8) is 0 Å². The molecule has 38 heavy (non-hydrogen) atoms. The van der Waals surface area contributed by atoms with Gasteiger partial charge in [-0.3, -0.25) is 19.4 Å². The monoisotopic (exact) mass is 527 g/mol. The van der Waals surface area contributed by atoms with Gasteiger partial charge in [0, 0.05) is 33.5 Å². The van der Waals surface area contributed by atoms with E-state index in [0.717, 1.165) is 12.1 Å². The van der Waals surface area contributed by atoms with Crippen molar-refractivity contribution in [2.45, 2.75) is 37.8 Å². The topological polar surface area (TPSA) is 189 Å². The minimum absolute atomic E-state index is 0.00648. The van der Waals surface area contributed by atoms with Crippen LogP contribution < -0.4 is 22.5 Å². The van der Waals surface area contributed by atoms with Crippen molar-refractivity contribution in [1.29, 1.82) is 0 Å². The molecule has 2 aromatic rings. The fraction of sp³-hybridized carbons (Fsp3) is 0.346. The number of carbonyl (C=O) groups is 3. The standard InChI is InChI=1S/C26H34FN7O4/c1-34(2)26(30)31-12-6-9-19(28)24(37)33-21(15-17-10-11-22(35)18(27)13-17)25(38)32-20(23(29)36)14-16-7-4-3-5-8-16/h3-5,7-8,10-11,13,19,21,35H,6,9,12,14-15,28H2,1-2H3,(H2,29,36)(H2,30,31)(H,33,37)/t19-,21-/m0/s1. The number of nitrogens with two attached hydrogens (primary N) is 3. The molecule has 2 aromatic carbocycles. The molecule has 0 aromatic heterocycles. The number of benzene rings is 2. The van der Waals surface area contributed by atoms with Gasteiger partial charge in [0.1, 0.15) is 11.8 Å². The van der Waals surface area contributed by atoms with Crippen molar-refractivity contribution in [2.75, 3.05) is 20.6 Å². The number of hydrogen-bond acceptors (Lipinski definition) is 6. The van der Waals surface area contributed by atoms with Gasteiger partial charge in [-0.15, -0.1) is 0 Å². The maximum absolute atomic E-state index is 13.9. The summed E-state index contributed by atoms with van der Waals surface area (Å²) in [6.45, 7) is 0.353. The molecule has 3 amide bonds. The van der Waals surface area contributed by atoms with Crippen LogP contribution in [0.2, 0.25) is 0 Å². The van der Waals surface area contributed by atoms with Gasteiger partial charge < -0.3 is 32.5 Å². The van der Waals surface area contributed by atoms with Crippen molar-refractivity contribution < 1.29 is 23.9 Å². The first-order valence-corrected chi connectivity index (χ1v) is 11.9. The van der Waals surface area contributed by atoms with E-state index in [1.165, 1.54) is 6.07 Å². The van der Waals surface area contributed by atoms with E-state index in [1.54, 1.807) is 49.3 Å². The van der Waals surface area contributed by atoms with Gasteiger partial charge in [0.25, 0.3) is 11.8 Å².